The molecule has 2 aromatic rings. The zero-order valence-electron chi connectivity index (χ0n) is 9.34. The first-order valence-electron chi connectivity index (χ1n) is 4.84. The Morgan fingerprint density at radius 3 is 2.65 bits per heavy atom. The zero-order valence-corrected chi connectivity index (χ0v) is 11.8. The van der Waals surface area contributed by atoms with Crippen molar-refractivity contribution in [3.8, 4) is 0 Å². The maximum Gasteiger partial charge on any atom is 0.179 e. The summed E-state index contributed by atoms with van der Waals surface area (Å²) in [4.78, 5) is 11.8. The van der Waals surface area contributed by atoms with Gasteiger partial charge in [-0.1, -0.05) is 40.9 Å². The van der Waals surface area contributed by atoms with E-state index in [0.717, 1.165) is 31.0 Å². The van der Waals surface area contributed by atoms with Crippen LogP contribution in [-0.2, 0) is 0 Å². The number of carbonyl (C=O) groups excluding carboxylic acids is 1. The van der Waals surface area contributed by atoms with E-state index in [9.17, 15) is 4.79 Å². The lowest BCUT2D eigenvalue weighted by Gasteiger charge is -2.01. The van der Waals surface area contributed by atoms with E-state index in [1.54, 1.807) is 34.9 Å². The molecule has 0 amide bonds. The standard InChI is InChI=1S/C11H10N2OS3/c1-7-5-9(4-3-8(7)6-14)16-11-13-12-10(15-2)17-11/h3-6H,1-2H3. The Kier molecular flexibility index (Phi) is 4.20. The van der Waals surface area contributed by atoms with Gasteiger partial charge >= 0.3 is 0 Å². The van der Waals surface area contributed by atoms with Crippen molar-refractivity contribution < 1.29 is 4.79 Å². The lowest BCUT2D eigenvalue weighted by Crippen LogP contribution is -1.85. The molecule has 0 aliphatic carbocycles. The van der Waals surface area contributed by atoms with Gasteiger partial charge in [-0.05, 0) is 30.9 Å². The summed E-state index contributed by atoms with van der Waals surface area (Å²) in [6.45, 7) is 1.93. The highest BCUT2D eigenvalue weighted by molar-refractivity contribution is 8.03. The predicted molar refractivity (Wildman–Crippen MR) is 72.4 cm³/mol. The number of hydrogen-bond donors (Lipinski definition) is 0. The van der Waals surface area contributed by atoms with Crippen molar-refractivity contribution in [2.75, 3.05) is 6.26 Å². The molecule has 6 heteroatoms. The quantitative estimate of drug-likeness (QED) is 0.634. The summed E-state index contributed by atoms with van der Waals surface area (Å²) in [7, 11) is 0. The Morgan fingerprint density at radius 2 is 2.06 bits per heavy atom. The maximum absolute atomic E-state index is 10.7. The molecule has 0 atom stereocenters. The molecule has 1 heterocycles. The molecule has 0 saturated heterocycles. The van der Waals surface area contributed by atoms with Gasteiger partial charge in [0.05, 0.1) is 0 Å². The van der Waals surface area contributed by atoms with Gasteiger partial charge in [0.2, 0.25) is 0 Å². The van der Waals surface area contributed by atoms with Gasteiger partial charge in [-0.25, -0.2) is 0 Å². The van der Waals surface area contributed by atoms with Crippen LogP contribution in [0.15, 0.2) is 31.8 Å². The molecule has 2 rings (SSSR count). The zero-order chi connectivity index (χ0) is 12.3. The Labute approximate surface area is 112 Å². The molecular formula is C11H10N2OS3. The number of aldehydes is 1. The molecule has 0 aliphatic rings. The Morgan fingerprint density at radius 1 is 1.29 bits per heavy atom. The summed E-state index contributed by atoms with van der Waals surface area (Å²) in [6.07, 6.45) is 2.86. The van der Waals surface area contributed by atoms with Gasteiger partial charge in [-0.2, -0.15) is 0 Å². The highest BCUT2D eigenvalue weighted by Gasteiger charge is 2.06. The second-order valence-corrected chi connectivity index (χ2v) is 6.63. The molecule has 0 spiro atoms. The van der Waals surface area contributed by atoms with Crippen molar-refractivity contribution in [3.05, 3.63) is 29.3 Å². The van der Waals surface area contributed by atoms with Gasteiger partial charge in [-0.15, -0.1) is 10.2 Å². The van der Waals surface area contributed by atoms with E-state index < -0.39 is 0 Å². The number of hydrogen-bond acceptors (Lipinski definition) is 6. The summed E-state index contributed by atoms with van der Waals surface area (Å²) in [5, 5.41) is 8.14. The molecule has 0 bridgehead atoms. The highest BCUT2D eigenvalue weighted by Crippen LogP contribution is 2.33. The third-order valence-electron chi connectivity index (χ3n) is 2.14. The smallest absolute Gasteiger partial charge is 0.179 e. The van der Waals surface area contributed by atoms with Crippen LogP contribution in [0.1, 0.15) is 15.9 Å². The first-order valence-corrected chi connectivity index (χ1v) is 7.70. The maximum atomic E-state index is 10.7. The van der Waals surface area contributed by atoms with E-state index in [1.807, 2.05) is 31.4 Å². The predicted octanol–water partition coefficient (Wildman–Crippen LogP) is 3.53. The SMILES string of the molecule is CSc1nnc(Sc2ccc(C=O)c(C)c2)s1. The van der Waals surface area contributed by atoms with E-state index in [1.165, 1.54) is 0 Å². The Hall–Kier alpha value is -0.850. The molecule has 0 saturated carbocycles. The average molecular weight is 282 g/mol. The first kappa shape index (κ1) is 12.6. The second-order valence-electron chi connectivity index (χ2n) is 3.28. The number of benzene rings is 1. The number of rotatable bonds is 4. The van der Waals surface area contributed by atoms with E-state index >= 15 is 0 Å². The Balaban J connectivity index is 2.18. The van der Waals surface area contributed by atoms with Gasteiger partial charge in [-0.3, -0.25) is 4.79 Å². The number of aromatic nitrogens is 2. The fourth-order valence-corrected chi connectivity index (χ4v) is 3.78. The molecule has 0 N–H and O–H groups in total. The molecule has 0 radical (unpaired) electrons. The number of carbonyl (C=O) groups is 1. The lowest BCUT2D eigenvalue weighted by molar-refractivity contribution is 0.112. The molecule has 0 fully saturated rings. The van der Waals surface area contributed by atoms with Crippen molar-refractivity contribution in [3.63, 3.8) is 0 Å². The van der Waals surface area contributed by atoms with Gasteiger partial charge < -0.3 is 0 Å². The van der Waals surface area contributed by atoms with E-state index in [-0.39, 0.29) is 0 Å². The molecule has 17 heavy (non-hydrogen) atoms. The van der Waals surface area contributed by atoms with Crippen LogP contribution >= 0.6 is 34.9 Å². The molecule has 88 valence electrons. The summed E-state index contributed by atoms with van der Waals surface area (Å²) < 4.78 is 1.89. The van der Waals surface area contributed by atoms with Crippen LogP contribution in [-0.4, -0.2) is 22.7 Å². The van der Waals surface area contributed by atoms with Crippen LogP contribution in [0.3, 0.4) is 0 Å². The molecular weight excluding hydrogens is 272 g/mol. The molecule has 0 aliphatic heterocycles. The monoisotopic (exact) mass is 282 g/mol. The van der Waals surface area contributed by atoms with Crippen LogP contribution < -0.4 is 0 Å². The third kappa shape index (κ3) is 3.08. The van der Waals surface area contributed by atoms with Crippen molar-refractivity contribution in [2.24, 2.45) is 0 Å². The number of thioether (sulfide) groups is 1. The minimum atomic E-state index is 0.733. The van der Waals surface area contributed by atoms with Gasteiger partial charge in [0.1, 0.15) is 6.29 Å². The van der Waals surface area contributed by atoms with Crippen LogP contribution in [0.25, 0.3) is 0 Å². The minimum absolute atomic E-state index is 0.733. The number of aryl methyl sites for hydroxylation is 1. The largest absolute Gasteiger partial charge is 0.298 e. The van der Waals surface area contributed by atoms with Crippen molar-refractivity contribution in [2.45, 2.75) is 20.5 Å². The van der Waals surface area contributed by atoms with Crippen molar-refractivity contribution in [1.82, 2.24) is 10.2 Å². The van der Waals surface area contributed by atoms with Crippen LogP contribution in [0, 0.1) is 6.92 Å². The fraction of sp³-hybridized carbons (Fsp3) is 0.182. The van der Waals surface area contributed by atoms with E-state index in [2.05, 4.69) is 10.2 Å². The first-order chi connectivity index (χ1) is 8.22. The second kappa shape index (κ2) is 5.66. The fourth-order valence-electron chi connectivity index (χ4n) is 1.27. The lowest BCUT2D eigenvalue weighted by atomic mass is 10.1. The van der Waals surface area contributed by atoms with Gasteiger partial charge in [0.15, 0.2) is 8.68 Å². The van der Waals surface area contributed by atoms with Crippen LogP contribution in [0.2, 0.25) is 0 Å². The molecule has 1 aromatic carbocycles. The third-order valence-corrected chi connectivity index (χ3v) is 5.08. The van der Waals surface area contributed by atoms with E-state index in [4.69, 9.17) is 0 Å². The summed E-state index contributed by atoms with van der Waals surface area (Å²) >= 11 is 4.75. The average Bonchev–Trinajstić information content (AvgIpc) is 2.77. The summed E-state index contributed by atoms with van der Waals surface area (Å²) in [6, 6.07) is 5.76. The minimum Gasteiger partial charge on any atom is -0.298 e. The summed E-state index contributed by atoms with van der Waals surface area (Å²) in [5.41, 5.74) is 1.72. The molecule has 3 nitrogen and oxygen atoms in total. The topological polar surface area (TPSA) is 42.9 Å². The van der Waals surface area contributed by atoms with Gasteiger partial charge in [0.25, 0.3) is 0 Å². The van der Waals surface area contributed by atoms with Crippen LogP contribution in [0.4, 0.5) is 0 Å². The van der Waals surface area contributed by atoms with Crippen molar-refractivity contribution >= 4 is 41.1 Å². The number of nitrogens with zero attached hydrogens (tertiary/aromatic N) is 2. The summed E-state index contributed by atoms with van der Waals surface area (Å²) in [5.74, 6) is 0. The normalized spacial score (nSPS) is 10.5. The van der Waals surface area contributed by atoms with Gasteiger partial charge in [0, 0.05) is 10.5 Å². The molecule has 1 aromatic heterocycles. The van der Waals surface area contributed by atoms with Crippen LogP contribution in [0.5, 0.6) is 0 Å². The molecule has 0 unspecified atom stereocenters. The van der Waals surface area contributed by atoms with Crippen molar-refractivity contribution in [1.29, 1.82) is 0 Å². The highest BCUT2D eigenvalue weighted by atomic mass is 32.2. The Bertz CT molecular complexity index is 539. The van der Waals surface area contributed by atoms with E-state index in [0.29, 0.717) is 0 Å².